The quantitative estimate of drug-likeness (QED) is 0.867. The molecule has 1 aliphatic heterocycles. The normalized spacial score (nSPS) is 14.3. The highest BCUT2D eigenvalue weighted by molar-refractivity contribution is 6.31. The molecule has 21 heavy (non-hydrogen) atoms. The van der Waals surface area contributed by atoms with Crippen molar-refractivity contribution in [3.8, 4) is 5.75 Å². The summed E-state index contributed by atoms with van der Waals surface area (Å²) in [6.45, 7) is 0.792. The van der Waals surface area contributed by atoms with E-state index in [-0.39, 0.29) is 5.91 Å². The number of ether oxygens (including phenoxy) is 1. The van der Waals surface area contributed by atoms with Crippen LogP contribution in [0, 0.1) is 0 Å². The number of fused-ring (bicyclic) bond motifs is 1. The lowest BCUT2D eigenvalue weighted by molar-refractivity contribution is -0.118. The van der Waals surface area contributed by atoms with Gasteiger partial charge in [0.25, 0.3) is 0 Å². The zero-order valence-corrected chi connectivity index (χ0v) is 12.1. The van der Waals surface area contributed by atoms with Gasteiger partial charge in [0, 0.05) is 10.7 Å². The molecule has 1 aliphatic rings. The number of nitrogen functional groups attached to an aromatic ring is 1. The number of amides is 1. The standard InChI is InChI=1S/C16H15ClN2O2/c17-13-9-12(18)6-5-11(13)10-19-14-3-1-2-4-15(14)21-8-7-16(19)20/h1-6,9H,7-8,10,18H2. The Hall–Kier alpha value is -2.20. The molecule has 1 heterocycles. The Kier molecular flexibility index (Phi) is 3.71. The summed E-state index contributed by atoms with van der Waals surface area (Å²) in [7, 11) is 0. The van der Waals surface area contributed by atoms with Gasteiger partial charge in [0.2, 0.25) is 5.91 Å². The molecule has 2 N–H and O–H groups in total. The molecule has 3 rings (SSSR count). The first-order chi connectivity index (χ1) is 10.1. The van der Waals surface area contributed by atoms with Crippen LogP contribution in [0.2, 0.25) is 5.02 Å². The number of nitrogens with zero attached hydrogens (tertiary/aromatic N) is 1. The summed E-state index contributed by atoms with van der Waals surface area (Å²) in [5, 5.41) is 0.561. The van der Waals surface area contributed by atoms with Crippen LogP contribution in [0.25, 0.3) is 0 Å². The van der Waals surface area contributed by atoms with Crippen molar-refractivity contribution in [2.45, 2.75) is 13.0 Å². The van der Waals surface area contributed by atoms with E-state index in [1.807, 2.05) is 30.3 Å². The average Bonchev–Trinajstić information content (AvgIpc) is 2.62. The summed E-state index contributed by atoms with van der Waals surface area (Å²) < 4.78 is 5.62. The number of para-hydroxylation sites is 2. The molecule has 0 fully saturated rings. The van der Waals surface area contributed by atoms with Gasteiger partial charge < -0.3 is 15.4 Å². The number of hydrogen-bond donors (Lipinski definition) is 1. The molecule has 2 aromatic rings. The van der Waals surface area contributed by atoms with E-state index >= 15 is 0 Å². The Morgan fingerprint density at radius 2 is 2.05 bits per heavy atom. The Morgan fingerprint density at radius 1 is 1.24 bits per heavy atom. The molecule has 2 aromatic carbocycles. The fourth-order valence-corrected chi connectivity index (χ4v) is 2.60. The van der Waals surface area contributed by atoms with Gasteiger partial charge in [0.1, 0.15) is 5.75 Å². The van der Waals surface area contributed by atoms with Crippen molar-refractivity contribution in [2.24, 2.45) is 0 Å². The molecule has 0 aliphatic carbocycles. The van der Waals surface area contributed by atoms with Gasteiger partial charge in [0.05, 0.1) is 25.3 Å². The fourth-order valence-electron chi connectivity index (χ4n) is 2.36. The summed E-state index contributed by atoms with van der Waals surface area (Å²) in [6, 6.07) is 12.9. The first-order valence-electron chi connectivity index (χ1n) is 6.71. The minimum Gasteiger partial charge on any atom is -0.491 e. The third kappa shape index (κ3) is 2.81. The van der Waals surface area contributed by atoms with Crippen molar-refractivity contribution in [3.63, 3.8) is 0 Å². The fraction of sp³-hybridized carbons (Fsp3) is 0.188. The maximum atomic E-state index is 12.3. The van der Waals surface area contributed by atoms with Crippen LogP contribution in [0.15, 0.2) is 42.5 Å². The molecule has 0 radical (unpaired) electrons. The monoisotopic (exact) mass is 302 g/mol. The van der Waals surface area contributed by atoms with E-state index < -0.39 is 0 Å². The Balaban J connectivity index is 1.98. The van der Waals surface area contributed by atoms with E-state index in [0.29, 0.717) is 30.3 Å². The van der Waals surface area contributed by atoms with Gasteiger partial charge in [-0.05, 0) is 29.8 Å². The highest BCUT2D eigenvalue weighted by atomic mass is 35.5. The van der Waals surface area contributed by atoms with E-state index in [9.17, 15) is 4.79 Å². The molecule has 0 saturated carbocycles. The van der Waals surface area contributed by atoms with Crippen LogP contribution in [0.1, 0.15) is 12.0 Å². The van der Waals surface area contributed by atoms with Crippen LogP contribution < -0.4 is 15.4 Å². The number of carbonyl (C=O) groups excluding carboxylic acids is 1. The predicted octanol–water partition coefficient (Wildman–Crippen LogP) is 3.24. The van der Waals surface area contributed by atoms with Crippen molar-refractivity contribution in [2.75, 3.05) is 17.2 Å². The van der Waals surface area contributed by atoms with Crippen LogP contribution >= 0.6 is 11.6 Å². The van der Waals surface area contributed by atoms with E-state index in [2.05, 4.69) is 0 Å². The summed E-state index contributed by atoms with van der Waals surface area (Å²) in [5.74, 6) is 0.739. The lowest BCUT2D eigenvalue weighted by Crippen LogP contribution is -2.29. The highest BCUT2D eigenvalue weighted by Gasteiger charge is 2.23. The second kappa shape index (κ2) is 5.66. The topological polar surface area (TPSA) is 55.6 Å². The number of hydrogen-bond acceptors (Lipinski definition) is 3. The van der Waals surface area contributed by atoms with Gasteiger partial charge in [-0.2, -0.15) is 0 Å². The second-order valence-electron chi connectivity index (χ2n) is 4.90. The van der Waals surface area contributed by atoms with E-state index in [4.69, 9.17) is 22.1 Å². The number of rotatable bonds is 2. The molecule has 0 saturated heterocycles. The number of nitrogens with two attached hydrogens (primary N) is 1. The molecule has 0 aromatic heterocycles. The molecule has 5 heteroatoms. The van der Waals surface area contributed by atoms with E-state index in [1.54, 1.807) is 17.0 Å². The van der Waals surface area contributed by atoms with Crippen LogP contribution in [-0.2, 0) is 11.3 Å². The second-order valence-corrected chi connectivity index (χ2v) is 5.30. The number of carbonyl (C=O) groups is 1. The van der Waals surface area contributed by atoms with Crippen molar-refractivity contribution in [1.82, 2.24) is 0 Å². The maximum Gasteiger partial charge on any atom is 0.230 e. The molecule has 1 amide bonds. The molecule has 0 spiro atoms. The third-order valence-electron chi connectivity index (χ3n) is 3.44. The van der Waals surface area contributed by atoms with E-state index in [1.165, 1.54) is 0 Å². The largest absolute Gasteiger partial charge is 0.491 e. The van der Waals surface area contributed by atoms with Crippen molar-refractivity contribution < 1.29 is 9.53 Å². The molecule has 0 atom stereocenters. The van der Waals surface area contributed by atoms with Crippen LogP contribution in [0.5, 0.6) is 5.75 Å². The summed E-state index contributed by atoms with van der Waals surface area (Å²) in [4.78, 5) is 14.0. The summed E-state index contributed by atoms with van der Waals surface area (Å²) in [6.07, 6.45) is 0.348. The van der Waals surface area contributed by atoms with Gasteiger partial charge >= 0.3 is 0 Å². The molecule has 0 bridgehead atoms. The van der Waals surface area contributed by atoms with Crippen LogP contribution in [-0.4, -0.2) is 12.5 Å². The average molecular weight is 303 g/mol. The molecule has 4 nitrogen and oxygen atoms in total. The van der Waals surface area contributed by atoms with Crippen molar-refractivity contribution in [3.05, 3.63) is 53.1 Å². The van der Waals surface area contributed by atoms with Crippen LogP contribution in [0.3, 0.4) is 0 Å². The Labute approximate surface area is 128 Å². The van der Waals surface area contributed by atoms with Gasteiger partial charge in [0.15, 0.2) is 0 Å². The highest BCUT2D eigenvalue weighted by Crippen LogP contribution is 2.33. The number of benzene rings is 2. The van der Waals surface area contributed by atoms with Gasteiger partial charge in [-0.1, -0.05) is 29.8 Å². The number of halogens is 1. The first-order valence-corrected chi connectivity index (χ1v) is 7.09. The lowest BCUT2D eigenvalue weighted by atomic mass is 10.1. The molecular weight excluding hydrogens is 288 g/mol. The molecule has 108 valence electrons. The molecular formula is C16H15ClN2O2. The minimum atomic E-state index is 0.0211. The zero-order chi connectivity index (χ0) is 14.8. The van der Waals surface area contributed by atoms with Crippen LogP contribution in [0.4, 0.5) is 11.4 Å². The van der Waals surface area contributed by atoms with Gasteiger partial charge in [-0.3, -0.25) is 4.79 Å². The summed E-state index contributed by atoms with van der Waals surface area (Å²) in [5.41, 5.74) is 7.94. The zero-order valence-electron chi connectivity index (χ0n) is 11.4. The number of anilines is 2. The van der Waals surface area contributed by atoms with Crippen molar-refractivity contribution >= 4 is 28.9 Å². The first kappa shape index (κ1) is 13.8. The lowest BCUT2D eigenvalue weighted by Gasteiger charge is -2.22. The van der Waals surface area contributed by atoms with E-state index in [0.717, 1.165) is 17.0 Å². The van der Waals surface area contributed by atoms with Gasteiger partial charge in [-0.15, -0.1) is 0 Å². The van der Waals surface area contributed by atoms with Gasteiger partial charge in [-0.25, -0.2) is 0 Å². The Morgan fingerprint density at radius 3 is 2.86 bits per heavy atom. The molecule has 0 unspecified atom stereocenters. The minimum absolute atomic E-state index is 0.0211. The van der Waals surface area contributed by atoms with Crippen molar-refractivity contribution in [1.29, 1.82) is 0 Å². The third-order valence-corrected chi connectivity index (χ3v) is 3.79. The maximum absolute atomic E-state index is 12.3. The SMILES string of the molecule is Nc1ccc(CN2C(=O)CCOc3ccccc32)c(Cl)c1. The Bertz CT molecular complexity index is 688. The summed E-state index contributed by atoms with van der Waals surface area (Å²) >= 11 is 6.22. The predicted molar refractivity (Wildman–Crippen MR) is 83.6 cm³/mol. The smallest absolute Gasteiger partial charge is 0.230 e.